The van der Waals surface area contributed by atoms with Gasteiger partial charge >= 0.3 is 12.1 Å². The largest absolute Gasteiger partial charge is 0.493 e. The number of carbonyl (C=O) groups is 1. The van der Waals surface area contributed by atoms with Crippen LogP contribution in [0.5, 0.6) is 11.5 Å². The molecule has 1 N–H and O–H groups in total. The molecule has 6 nitrogen and oxygen atoms in total. The van der Waals surface area contributed by atoms with Crippen LogP contribution >= 0.6 is 39.1 Å². The summed E-state index contributed by atoms with van der Waals surface area (Å²) in [7, 11) is 1.22. The summed E-state index contributed by atoms with van der Waals surface area (Å²) in [6.07, 6.45) is -3.98. The molecule has 29 heavy (non-hydrogen) atoms. The lowest BCUT2D eigenvalue weighted by Crippen LogP contribution is -2.28. The van der Waals surface area contributed by atoms with E-state index in [9.17, 15) is 18.0 Å². The summed E-state index contributed by atoms with van der Waals surface area (Å²) in [5.41, 5.74) is 0.638. The Kier molecular flexibility index (Phi) is 6.06. The fourth-order valence-electron chi connectivity index (χ4n) is 2.31. The van der Waals surface area contributed by atoms with Crippen LogP contribution in [0, 0.1) is 0 Å². The Labute approximate surface area is 180 Å². The minimum absolute atomic E-state index is 0.118. The Morgan fingerprint density at radius 2 is 1.86 bits per heavy atom. The number of nitrogens with zero attached hydrogens (tertiary/aromatic N) is 2. The van der Waals surface area contributed by atoms with Crippen LogP contribution in [-0.2, 0) is 4.79 Å². The van der Waals surface area contributed by atoms with Crippen molar-refractivity contribution < 1.29 is 27.4 Å². The van der Waals surface area contributed by atoms with Crippen molar-refractivity contribution in [1.29, 1.82) is 0 Å². The molecule has 0 saturated heterocycles. The summed E-state index contributed by atoms with van der Waals surface area (Å²) in [6.45, 7) is 0. The molecule has 0 amide bonds. The van der Waals surface area contributed by atoms with E-state index in [1.54, 1.807) is 12.1 Å². The molecule has 0 bridgehead atoms. The van der Waals surface area contributed by atoms with Gasteiger partial charge in [-0.15, -0.1) is 0 Å². The zero-order valence-corrected chi connectivity index (χ0v) is 17.4. The van der Waals surface area contributed by atoms with Gasteiger partial charge in [0.15, 0.2) is 11.5 Å². The van der Waals surface area contributed by atoms with Gasteiger partial charge in [0, 0.05) is 15.9 Å². The summed E-state index contributed by atoms with van der Waals surface area (Å²) in [5, 5.41) is 3.89. The molecule has 3 aromatic rings. The number of hydrogen-bond acceptors (Lipinski definition) is 6. The van der Waals surface area contributed by atoms with E-state index < -0.39 is 17.9 Å². The van der Waals surface area contributed by atoms with Gasteiger partial charge in [-0.2, -0.15) is 13.2 Å². The monoisotopic (exact) mass is 509 g/mol. The molecule has 3 rings (SSSR count). The van der Waals surface area contributed by atoms with E-state index in [0.717, 1.165) is 6.07 Å². The molecule has 12 heteroatoms. The fraction of sp³-hybridized carbons (Fsp3) is 0.118. The van der Waals surface area contributed by atoms with Gasteiger partial charge in [-0.25, -0.2) is 14.8 Å². The van der Waals surface area contributed by atoms with Gasteiger partial charge in [-0.1, -0.05) is 23.2 Å². The number of alkyl halides is 3. The van der Waals surface area contributed by atoms with Crippen LogP contribution in [0.25, 0.3) is 10.9 Å². The van der Waals surface area contributed by atoms with E-state index >= 15 is 0 Å². The number of hydrogen-bond donors (Lipinski definition) is 1. The predicted octanol–water partition coefficient (Wildman–Crippen LogP) is 5.92. The van der Waals surface area contributed by atoms with Gasteiger partial charge in [-0.3, -0.25) is 0 Å². The minimum atomic E-state index is -5.16. The van der Waals surface area contributed by atoms with E-state index in [1.807, 2.05) is 0 Å². The van der Waals surface area contributed by atoms with Crippen LogP contribution in [0.3, 0.4) is 0 Å². The molecule has 0 spiro atoms. The Balaban J connectivity index is 2.05. The van der Waals surface area contributed by atoms with Crippen LogP contribution in [-0.4, -0.2) is 29.2 Å². The first kappa shape index (κ1) is 21.4. The second-order valence-corrected chi connectivity index (χ2v) is 7.09. The molecule has 0 saturated carbocycles. The molecule has 0 radical (unpaired) electrons. The topological polar surface area (TPSA) is 73.3 Å². The van der Waals surface area contributed by atoms with Gasteiger partial charge in [0.05, 0.1) is 28.4 Å². The van der Waals surface area contributed by atoms with Crippen LogP contribution < -0.4 is 14.8 Å². The van der Waals surface area contributed by atoms with Crippen molar-refractivity contribution in [3.8, 4) is 11.5 Å². The quantitative estimate of drug-likeness (QED) is 0.267. The Morgan fingerprint density at radius 3 is 2.52 bits per heavy atom. The average Bonchev–Trinajstić information content (AvgIpc) is 2.67. The highest BCUT2D eigenvalue weighted by molar-refractivity contribution is 9.10. The van der Waals surface area contributed by atoms with Crippen molar-refractivity contribution in [2.24, 2.45) is 0 Å². The number of aromatic nitrogens is 2. The molecule has 0 atom stereocenters. The van der Waals surface area contributed by atoms with Crippen molar-refractivity contribution in [1.82, 2.24) is 9.97 Å². The normalized spacial score (nSPS) is 11.4. The van der Waals surface area contributed by atoms with Gasteiger partial charge in [0.1, 0.15) is 12.1 Å². The third kappa shape index (κ3) is 4.49. The van der Waals surface area contributed by atoms with Gasteiger partial charge in [0.25, 0.3) is 0 Å². The minimum Gasteiger partial charge on any atom is -0.493 e. The van der Waals surface area contributed by atoms with Crippen LogP contribution in [0.1, 0.15) is 0 Å². The Morgan fingerprint density at radius 1 is 1.14 bits per heavy atom. The zero-order chi connectivity index (χ0) is 21.3. The standard InChI is InChI=1S/C17H9BrCl2F3N3O3/c1-28-11-4-7-10(5-12(11)29-16(27)17(21,22)23)24-6-25-15(7)26-9-3-2-8(18)13(19)14(9)20/h2-6H,1H3,(H,24,25,26). The summed E-state index contributed by atoms with van der Waals surface area (Å²) in [5.74, 6) is -2.65. The van der Waals surface area contributed by atoms with Crippen molar-refractivity contribution in [3.05, 3.63) is 45.1 Å². The van der Waals surface area contributed by atoms with E-state index in [0.29, 0.717) is 15.5 Å². The highest BCUT2D eigenvalue weighted by Gasteiger charge is 2.42. The lowest BCUT2D eigenvalue weighted by atomic mass is 10.2. The summed E-state index contributed by atoms with van der Waals surface area (Å²) < 4.78 is 47.6. The maximum absolute atomic E-state index is 12.5. The highest BCUT2D eigenvalue weighted by Crippen LogP contribution is 2.39. The molecule has 0 fully saturated rings. The number of anilines is 2. The number of rotatable bonds is 4. The first-order chi connectivity index (χ1) is 13.6. The Hall–Kier alpha value is -2.30. The molecule has 0 aliphatic heterocycles. The fourth-order valence-corrected chi connectivity index (χ4v) is 3.13. The van der Waals surface area contributed by atoms with Crippen molar-refractivity contribution in [3.63, 3.8) is 0 Å². The number of halogens is 6. The van der Waals surface area contributed by atoms with E-state index in [4.69, 9.17) is 27.9 Å². The molecule has 1 heterocycles. The van der Waals surface area contributed by atoms with Crippen LogP contribution in [0.4, 0.5) is 24.7 Å². The molecule has 152 valence electrons. The number of carbonyl (C=O) groups excluding carboxylic acids is 1. The number of methoxy groups -OCH3 is 1. The lowest BCUT2D eigenvalue weighted by molar-refractivity contribution is -0.189. The summed E-state index contributed by atoms with van der Waals surface area (Å²) in [6, 6.07) is 5.81. The second-order valence-electron chi connectivity index (χ2n) is 5.48. The van der Waals surface area contributed by atoms with E-state index in [1.165, 1.54) is 19.5 Å². The van der Waals surface area contributed by atoms with E-state index in [2.05, 4.69) is 36.0 Å². The van der Waals surface area contributed by atoms with E-state index in [-0.39, 0.29) is 27.1 Å². The number of fused-ring (bicyclic) bond motifs is 1. The third-order valence-electron chi connectivity index (χ3n) is 3.64. The third-order valence-corrected chi connectivity index (χ3v) is 5.41. The first-order valence-electron chi connectivity index (χ1n) is 7.64. The van der Waals surface area contributed by atoms with Crippen LogP contribution in [0.2, 0.25) is 10.0 Å². The predicted molar refractivity (Wildman–Crippen MR) is 105 cm³/mol. The van der Waals surface area contributed by atoms with Crippen molar-refractivity contribution in [2.45, 2.75) is 6.18 Å². The maximum Gasteiger partial charge on any atom is 0.491 e. The van der Waals surface area contributed by atoms with Crippen LogP contribution in [0.15, 0.2) is 35.1 Å². The average molecular weight is 511 g/mol. The summed E-state index contributed by atoms with van der Waals surface area (Å²) >= 11 is 15.6. The number of nitrogens with one attached hydrogen (secondary N) is 1. The van der Waals surface area contributed by atoms with Gasteiger partial charge < -0.3 is 14.8 Å². The van der Waals surface area contributed by atoms with Gasteiger partial charge in [-0.05, 0) is 34.1 Å². The molecule has 1 aromatic heterocycles. The SMILES string of the molecule is COc1cc2c(Nc3ccc(Br)c(Cl)c3Cl)ncnc2cc1OC(=O)C(F)(F)F. The second kappa shape index (κ2) is 8.21. The number of benzene rings is 2. The van der Waals surface area contributed by atoms with Crippen molar-refractivity contribution in [2.75, 3.05) is 12.4 Å². The Bertz CT molecular complexity index is 1110. The highest BCUT2D eigenvalue weighted by atomic mass is 79.9. The molecule has 0 aliphatic rings. The maximum atomic E-state index is 12.5. The molecular formula is C17H9BrCl2F3N3O3. The summed E-state index contributed by atoms with van der Waals surface area (Å²) in [4.78, 5) is 19.3. The van der Waals surface area contributed by atoms with Gasteiger partial charge in [0.2, 0.25) is 0 Å². The number of ether oxygens (including phenoxy) is 2. The smallest absolute Gasteiger partial charge is 0.491 e. The molecule has 0 aliphatic carbocycles. The number of esters is 1. The molecule has 0 unspecified atom stereocenters. The molecule has 2 aromatic carbocycles. The molecular weight excluding hydrogens is 502 g/mol. The zero-order valence-electron chi connectivity index (χ0n) is 14.3. The first-order valence-corrected chi connectivity index (χ1v) is 9.19. The van der Waals surface area contributed by atoms with Crippen molar-refractivity contribution >= 4 is 67.5 Å². The lowest BCUT2D eigenvalue weighted by Gasteiger charge is -2.14.